The van der Waals surface area contributed by atoms with Crippen LogP contribution in [0.4, 0.5) is 4.39 Å². The molecular formula is C18H22FN. The third-order valence-electron chi connectivity index (χ3n) is 4.36. The van der Waals surface area contributed by atoms with Gasteiger partial charge in [-0.05, 0) is 68.1 Å². The van der Waals surface area contributed by atoms with Crippen molar-refractivity contribution in [2.24, 2.45) is 5.92 Å². The normalized spacial score (nSPS) is 22.8. The Labute approximate surface area is 121 Å². The lowest BCUT2D eigenvalue weighted by Gasteiger charge is -2.28. The summed E-state index contributed by atoms with van der Waals surface area (Å²) in [5, 5.41) is 8.82. The van der Waals surface area contributed by atoms with Gasteiger partial charge in [0.1, 0.15) is 6.67 Å². The molecule has 1 saturated carbocycles. The molecule has 0 aromatic heterocycles. The van der Waals surface area contributed by atoms with Crippen LogP contribution >= 0.6 is 0 Å². The van der Waals surface area contributed by atoms with Crippen LogP contribution in [0, 0.1) is 17.2 Å². The minimum absolute atomic E-state index is 0.342. The quantitative estimate of drug-likeness (QED) is 0.680. The van der Waals surface area contributed by atoms with Crippen molar-refractivity contribution in [3.63, 3.8) is 0 Å². The van der Waals surface area contributed by atoms with Crippen LogP contribution in [-0.2, 0) is 0 Å². The highest BCUT2D eigenvalue weighted by atomic mass is 19.1. The Kier molecular flexibility index (Phi) is 5.80. The van der Waals surface area contributed by atoms with Gasteiger partial charge in [-0.2, -0.15) is 5.26 Å². The van der Waals surface area contributed by atoms with Crippen molar-refractivity contribution in [1.29, 1.82) is 5.26 Å². The van der Waals surface area contributed by atoms with Crippen molar-refractivity contribution in [3.8, 4) is 6.07 Å². The largest absolute Gasteiger partial charge is 0.247 e. The molecule has 0 radical (unpaired) electrons. The Morgan fingerprint density at radius 3 is 2.40 bits per heavy atom. The zero-order valence-electron chi connectivity index (χ0n) is 11.9. The molecule has 0 unspecified atom stereocenters. The summed E-state index contributed by atoms with van der Waals surface area (Å²) in [6, 6.07) is 10.2. The molecule has 20 heavy (non-hydrogen) atoms. The molecule has 1 aliphatic carbocycles. The standard InChI is InChI=1S/C18H22FN/c19-13-3-1-2-4-15-5-9-17(10-6-15)18-11-7-16(14-20)8-12-18/h1,3,7-8,11-12,15,17H,2,4-6,9-10,13H2/t15-,17-. The molecule has 0 amide bonds. The fourth-order valence-corrected chi connectivity index (χ4v) is 3.13. The zero-order chi connectivity index (χ0) is 14.2. The fourth-order valence-electron chi connectivity index (χ4n) is 3.13. The SMILES string of the molecule is N#Cc1ccc([C@H]2CC[C@H](CCC=CCF)CC2)cc1. The number of hydrogen-bond acceptors (Lipinski definition) is 1. The Bertz CT molecular complexity index is 461. The number of rotatable bonds is 5. The summed E-state index contributed by atoms with van der Waals surface area (Å²) in [5.41, 5.74) is 2.11. The van der Waals surface area contributed by atoms with Gasteiger partial charge in [-0.25, -0.2) is 4.39 Å². The van der Waals surface area contributed by atoms with Crippen molar-refractivity contribution in [3.05, 3.63) is 47.5 Å². The first-order chi connectivity index (χ1) is 9.83. The van der Waals surface area contributed by atoms with E-state index in [0.717, 1.165) is 17.9 Å². The van der Waals surface area contributed by atoms with Crippen molar-refractivity contribution in [1.82, 2.24) is 0 Å². The molecule has 0 bridgehead atoms. The summed E-state index contributed by atoms with van der Waals surface area (Å²) in [5.74, 6) is 1.45. The van der Waals surface area contributed by atoms with Gasteiger partial charge in [0.05, 0.1) is 11.6 Å². The molecule has 0 heterocycles. The third-order valence-corrected chi connectivity index (χ3v) is 4.36. The molecule has 1 aromatic rings. The minimum atomic E-state index is -0.342. The molecule has 1 fully saturated rings. The van der Waals surface area contributed by atoms with E-state index in [4.69, 9.17) is 5.26 Å². The van der Waals surface area contributed by atoms with Crippen LogP contribution in [0.5, 0.6) is 0 Å². The highest BCUT2D eigenvalue weighted by Crippen LogP contribution is 2.37. The van der Waals surface area contributed by atoms with Crippen LogP contribution < -0.4 is 0 Å². The minimum Gasteiger partial charge on any atom is -0.247 e. The van der Waals surface area contributed by atoms with Crippen LogP contribution in [0.1, 0.15) is 55.6 Å². The Hall–Kier alpha value is -1.62. The van der Waals surface area contributed by atoms with Crippen LogP contribution in [0.15, 0.2) is 36.4 Å². The lowest BCUT2D eigenvalue weighted by molar-refractivity contribution is 0.312. The molecule has 0 aliphatic heterocycles. The van der Waals surface area contributed by atoms with Gasteiger partial charge in [0.15, 0.2) is 0 Å². The summed E-state index contributed by atoms with van der Waals surface area (Å²) < 4.78 is 11.9. The molecule has 0 spiro atoms. The summed E-state index contributed by atoms with van der Waals surface area (Å²) in [7, 11) is 0. The van der Waals surface area contributed by atoms with Crippen LogP contribution in [0.2, 0.25) is 0 Å². The molecule has 0 N–H and O–H groups in total. The van der Waals surface area contributed by atoms with E-state index in [1.54, 1.807) is 6.08 Å². The van der Waals surface area contributed by atoms with Gasteiger partial charge in [-0.15, -0.1) is 0 Å². The number of alkyl halides is 1. The lowest BCUT2D eigenvalue weighted by atomic mass is 9.77. The number of nitriles is 1. The van der Waals surface area contributed by atoms with Crippen molar-refractivity contribution in [2.75, 3.05) is 6.67 Å². The average molecular weight is 271 g/mol. The van der Waals surface area contributed by atoms with Crippen molar-refractivity contribution >= 4 is 0 Å². The monoisotopic (exact) mass is 271 g/mol. The summed E-state index contributed by atoms with van der Waals surface area (Å²) in [6.07, 6.45) is 10.8. The molecule has 0 atom stereocenters. The molecule has 1 aliphatic rings. The zero-order valence-corrected chi connectivity index (χ0v) is 11.9. The molecule has 106 valence electrons. The van der Waals surface area contributed by atoms with Crippen LogP contribution in [-0.4, -0.2) is 6.67 Å². The molecule has 1 aromatic carbocycles. The van der Waals surface area contributed by atoms with E-state index in [2.05, 4.69) is 18.2 Å². The average Bonchev–Trinajstić information content (AvgIpc) is 2.52. The fraction of sp³-hybridized carbons (Fsp3) is 0.500. The first kappa shape index (κ1) is 14.8. The predicted octanol–water partition coefficient (Wildman–Crippen LogP) is 5.14. The summed E-state index contributed by atoms with van der Waals surface area (Å²) >= 11 is 0. The first-order valence-electron chi connectivity index (χ1n) is 7.54. The summed E-state index contributed by atoms with van der Waals surface area (Å²) in [4.78, 5) is 0. The molecule has 1 nitrogen and oxygen atoms in total. The van der Waals surface area contributed by atoms with E-state index < -0.39 is 0 Å². The maximum atomic E-state index is 11.9. The Morgan fingerprint density at radius 2 is 1.80 bits per heavy atom. The van der Waals surface area contributed by atoms with E-state index >= 15 is 0 Å². The van der Waals surface area contributed by atoms with Gasteiger partial charge in [-0.1, -0.05) is 24.3 Å². The number of benzene rings is 1. The molecule has 0 saturated heterocycles. The predicted molar refractivity (Wildman–Crippen MR) is 80.2 cm³/mol. The van der Waals surface area contributed by atoms with Crippen molar-refractivity contribution in [2.45, 2.75) is 44.4 Å². The maximum absolute atomic E-state index is 11.9. The number of nitrogens with zero attached hydrogens (tertiary/aromatic N) is 1. The van der Waals surface area contributed by atoms with Crippen LogP contribution in [0.3, 0.4) is 0 Å². The maximum Gasteiger partial charge on any atom is 0.108 e. The van der Waals surface area contributed by atoms with Gasteiger partial charge < -0.3 is 0 Å². The molecule has 2 heteroatoms. The second-order valence-corrected chi connectivity index (χ2v) is 5.65. The second-order valence-electron chi connectivity index (χ2n) is 5.65. The molecular weight excluding hydrogens is 249 g/mol. The highest BCUT2D eigenvalue weighted by Gasteiger charge is 2.21. The van der Waals surface area contributed by atoms with Gasteiger partial charge in [-0.3, -0.25) is 0 Å². The summed E-state index contributed by atoms with van der Waals surface area (Å²) in [6.45, 7) is -0.342. The lowest BCUT2D eigenvalue weighted by Crippen LogP contribution is -2.13. The van der Waals surface area contributed by atoms with Gasteiger partial charge in [0.25, 0.3) is 0 Å². The van der Waals surface area contributed by atoms with Gasteiger partial charge >= 0.3 is 0 Å². The van der Waals surface area contributed by atoms with E-state index in [1.165, 1.54) is 37.7 Å². The van der Waals surface area contributed by atoms with E-state index in [-0.39, 0.29) is 6.67 Å². The van der Waals surface area contributed by atoms with Gasteiger partial charge in [0.2, 0.25) is 0 Å². The third kappa shape index (κ3) is 4.20. The Morgan fingerprint density at radius 1 is 1.10 bits per heavy atom. The van der Waals surface area contributed by atoms with E-state index in [0.29, 0.717) is 5.92 Å². The van der Waals surface area contributed by atoms with E-state index in [1.807, 2.05) is 18.2 Å². The Balaban J connectivity index is 1.78. The number of hydrogen-bond donors (Lipinski definition) is 0. The van der Waals surface area contributed by atoms with Crippen molar-refractivity contribution < 1.29 is 4.39 Å². The second kappa shape index (κ2) is 7.85. The van der Waals surface area contributed by atoms with Gasteiger partial charge in [0, 0.05) is 0 Å². The smallest absolute Gasteiger partial charge is 0.108 e. The first-order valence-corrected chi connectivity index (χ1v) is 7.54. The molecule has 2 rings (SSSR count). The van der Waals surface area contributed by atoms with E-state index in [9.17, 15) is 4.39 Å². The number of allylic oxidation sites excluding steroid dienone is 2. The topological polar surface area (TPSA) is 23.8 Å². The number of halogens is 1. The van der Waals surface area contributed by atoms with Crippen LogP contribution in [0.25, 0.3) is 0 Å². The highest BCUT2D eigenvalue weighted by molar-refractivity contribution is 5.33.